The number of anilines is 1. The van der Waals surface area contributed by atoms with Crippen molar-refractivity contribution in [1.29, 1.82) is 0 Å². The number of nitrogens with two attached hydrogens (primary N) is 2. The molecule has 88 valence electrons. The molecule has 0 atom stereocenters. The van der Waals surface area contributed by atoms with Gasteiger partial charge in [0, 0.05) is 24.0 Å². The van der Waals surface area contributed by atoms with Crippen LogP contribution in [0.2, 0.25) is 0 Å². The van der Waals surface area contributed by atoms with E-state index in [4.69, 9.17) is 11.5 Å². The smallest absolute Gasteiger partial charge is 0.353 e. The molecular formula is C12H14N4O. The maximum absolute atomic E-state index is 11.7. The number of aromatic nitrogens is 2. The van der Waals surface area contributed by atoms with Crippen LogP contribution in [0.3, 0.4) is 0 Å². The second-order valence-corrected chi connectivity index (χ2v) is 3.94. The van der Waals surface area contributed by atoms with Gasteiger partial charge in [-0.15, -0.1) is 0 Å². The Bertz CT molecular complexity index is 593. The van der Waals surface area contributed by atoms with Crippen LogP contribution in [-0.4, -0.2) is 9.55 Å². The third kappa shape index (κ3) is 2.44. The molecule has 0 radical (unpaired) electrons. The molecule has 0 aromatic carbocycles. The highest BCUT2D eigenvalue weighted by Gasteiger charge is 2.06. The van der Waals surface area contributed by atoms with Gasteiger partial charge in [-0.05, 0) is 25.1 Å². The van der Waals surface area contributed by atoms with Gasteiger partial charge in [-0.2, -0.15) is 4.98 Å². The second-order valence-electron chi connectivity index (χ2n) is 3.94. The van der Waals surface area contributed by atoms with E-state index in [1.807, 2.05) is 19.1 Å². The Kier molecular flexibility index (Phi) is 2.82. The lowest BCUT2D eigenvalue weighted by Gasteiger charge is -2.07. The zero-order chi connectivity index (χ0) is 12.4. The minimum absolute atomic E-state index is 0.218. The van der Waals surface area contributed by atoms with E-state index in [9.17, 15) is 4.79 Å². The molecule has 1 aromatic rings. The molecule has 0 saturated carbocycles. The first-order valence-corrected chi connectivity index (χ1v) is 5.26. The monoisotopic (exact) mass is 230 g/mol. The Hall–Kier alpha value is -2.30. The van der Waals surface area contributed by atoms with Gasteiger partial charge in [-0.25, -0.2) is 4.79 Å². The summed E-state index contributed by atoms with van der Waals surface area (Å²) in [7, 11) is 0. The SMILES string of the molecule is CC1=CCC(n2ccc(N)nc2=O)=CC(N)=C1. The fraction of sp³-hybridized carbons (Fsp3) is 0.167. The summed E-state index contributed by atoms with van der Waals surface area (Å²) in [6, 6.07) is 1.59. The van der Waals surface area contributed by atoms with Gasteiger partial charge in [0.15, 0.2) is 0 Å². The van der Waals surface area contributed by atoms with Crippen LogP contribution in [0.4, 0.5) is 5.82 Å². The van der Waals surface area contributed by atoms with Crippen LogP contribution in [-0.2, 0) is 0 Å². The molecule has 2 rings (SSSR count). The highest BCUT2D eigenvalue weighted by atomic mass is 16.1. The predicted molar refractivity (Wildman–Crippen MR) is 67.8 cm³/mol. The normalized spacial score (nSPS) is 15.7. The molecule has 0 bridgehead atoms. The summed E-state index contributed by atoms with van der Waals surface area (Å²) in [4.78, 5) is 15.4. The third-order valence-corrected chi connectivity index (χ3v) is 2.50. The Morgan fingerprint density at radius 3 is 2.82 bits per heavy atom. The molecule has 0 fully saturated rings. The van der Waals surface area contributed by atoms with Crippen molar-refractivity contribution in [3.05, 3.63) is 52.2 Å². The lowest BCUT2D eigenvalue weighted by atomic mass is 10.2. The van der Waals surface area contributed by atoms with Crippen LogP contribution in [0.25, 0.3) is 5.70 Å². The Labute approximate surface area is 98.8 Å². The molecule has 0 aliphatic heterocycles. The number of hydrogen-bond donors (Lipinski definition) is 2. The Balaban J connectivity index is 2.48. The van der Waals surface area contributed by atoms with Gasteiger partial charge >= 0.3 is 5.69 Å². The summed E-state index contributed by atoms with van der Waals surface area (Å²) in [5.41, 5.74) is 13.3. The van der Waals surface area contributed by atoms with Crippen molar-refractivity contribution in [2.24, 2.45) is 5.73 Å². The zero-order valence-electron chi connectivity index (χ0n) is 9.55. The summed E-state index contributed by atoms with van der Waals surface area (Å²) in [6.45, 7) is 1.97. The highest BCUT2D eigenvalue weighted by Crippen LogP contribution is 2.16. The second kappa shape index (κ2) is 4.29. The van der Waals surface area contributed by atoms with Gasteiger partial charge < -0.3 is 11.5 Å². The average molecular weight is 230 g/mol. The molecular weight excluding hydrogens is 216 g/mol. The fourth-order valence-corrected chi connectivity index (χ4v) is 1.68. The Morgan fingerprint density at radius 2 is 2.12 bits per heavy atom. The minimum atomic E-state index is -0.392. The van der Waals surface area contributed by atoms with Gasteiger partial charge in [0.25, 0.3) is 0 Å². The quantitative estimate of drug-likeness (QED) is 0.749. The molecule has 0 unspecified atom stereocenters. The molecule has 0 saturated heterocycles. The third-order valence-electron chi connectivity index (χ3n) is 2.50. The maximum Gasteiger partial charge on any atom is 0.353 e. The number of hydrogen-bond acceptors (Lipinski definition) is 4. The molecule has 5 nitrogen and oxygen atoms in total. The molecule has 1 aromatic heterocycles. The zero-order valence-corrected chi connectivity index (χ0v) is 9.55. The molecule has 5 heteroatoms. The molecule has 4 N–H and O–H groups in total. The van der Waals surface area contributed by atoms with Crippen molar-refractivity contribution in [2.45, 2.75) is 13.3 Å². The summed E-state index contributed by atoms with van der Waals surface area (Å²) in [5, 5.41) is 0. The summed E-state index contributed by atoms with van der Waals surface area (Å²) in [6.07, 6.45) is 7.89. The van der Waals surface area contributed by atoms with E-state index >= 15 is 0 Å². The van der Waals surface area contributed by atoms with E-state index in [2.05, 4.69) is 4.98 Å². The van der Waals surface area contributed by atoms with Gasteiger partial charge in [-0.1, -0.05) is 11.6 Å². The van der Waals surface area contributed by atoms with Gasteiger partial charge in [0.2, 0.25) is 0 Å². The molecule has 1 heterocycles. The molecule has 0 spiro atoms. The van der Waals surface area contributed by atoms with Crippen LogP contribution in [0, 0.1) is 0 Å². The van der Waals surface area contributed by atoms with Gasteiger partial charge in [0.05, 0.1) is 0 Å². The van der Waals surface area contributed by atoms with E-state index in [0.717, 1.165) is 11.3 Å². The number of nitrogens with zero attached hydrogens (tertiary/aromatic N) is 2. The van der Waals surface area contributed by atoms with Crippen LogP contribution in [0.5, 0.6) is 0 Å². The Morgan fingerprint density at radius 1 is 1.35 bits per heavy atom. The van der Waals surface area contributed by atoms with Crippen molar-refractivity contribution in [3.8, 4) is 0 Å². The summed E-state index contributed by atoms with van der Waals surface area (Å²) < 4.78 is 1.45. The van der Waals surface area contributed by atoms with Crippen LogP contribution < -0.4 is 17.2 Å². The van der Waals surface area contributed by atoms with Crippen LogP contribution >= 0.6 is 0 Å². The lowest BCUT2D eigenvalue weighted by molar-refractivity contribution is 0.915. The van der Waals surface area contributed by atoms with Crippen molar-refractivity contribution in [3.63, 3.8) is 0 Å². The van der Waals surface area contributed by atoms with Gasteiger partial charge in [-0.3, -0.25) is 4.57 Å². The fourth-order valence-electron chi connectivity index (χ4n) is 1.68. The van der Waals surface area contributed by atoms with E-state index in [0.29, 0.717) is 12.1 Å². The van der Waals surface area contributed by atoms with E-state index in [-0.39, 0.29) is 5.82 Å². The highest BCUT2D eigenvalue weighted by molar-refractivity contribution is 5.55. The van der Waals surface area contributed by atoms with Gasteiger partial charge in [0.1, 0.15) is 5.82 Å². The lowest BCUT2D eigenvalue weighted by Crippen LogP contribution is -2.22. The first-order chi connectivity index (χ1) is 8.06. The largest absolute Gasteiger partial charge is 0.399 e. The number of allylic oxidation sites excluding steroid dienone is 5. The molecule has 1 aliphatic carbocycles. The van der Waals surface area contributed by atoms with Crippen molar-refractivity contribution < 1.29 is 0 Å². The number of nitrogen functional groups attached to an aromatic ring is 1. The molecule has 17 heavy (non-hydrogen) atoms. The molecule has 0 amide bonds. The van der Waals surface area contributed by atoms with Crippen LogP contribution in [0.15, 0.2) is 46.6 Å². The first-order valence-electron chi connectivity index (χ1n) is 5.26. The summed E-state index contributed by atoms with van der Waals surface area (Å²) in [5.74, 6) is 0.218. The average Bonchev–Trinajstić information content (AvgIpc) is 2.39. The van der Waals surface area contributed by atoms with Crippen molar-refractivity contribution in [2.75, 3.05) is 5.73 Å². The standard InChI is InChI=1S/C12H14N4O/c1-8-2-3-10(7-9(13)6-8)16-5-4-11(14)15-12(16)17/h2,4-7H,3,13H2,1H3,(H2,14,15,17). The van der Waals surface area contributed by atoms with Crippen molar-refractivity contribution >= 4 is 11.5 Å². The topological polar surface area (TPSA) is 86.9 Å². The minimum Gasteiger partial charge on any atom is -0.399 e. The summed E-state index contributed by atoms with van der Waals surface area (Å²) >= 11 is 0. The number of rotatable bonds is 1. The van der Waals surface area contributed by atoms with Crippen LogP contribution in [0.1, 0.15) is 13.3 Å². The maximum atomic E-state index is 11.7. The van der Waals surface area contributed by atoms with Crippen molar-refractivity contribution in [1.82, 2.24) is 9.55 Å². The van der Waals surface area contributed by atoms with E-state index in [1.54, 1.807) is 18.3 Å². The molecule has 1 aliphatic rings. The van der Waals surface area contributed by atoms with E-state index in [1.165, 1.54) is 4.57 Å². The van der Waals surface area contributed by atoms with E-state index < -0.39 is 5.69 Å². The predicted octanol–water partition coefficient (Wildman–Crippen LogP) is 0.859. The first kappa shape index (κ1) is 11.2.